The number of rotatable bonds is 5. The van der Waals surface area contributed by atoms with E-state index in [4.69, 9.17) is 9.47 Å². The van der Waals surface area contributed by atoms with E-state index in [1.165, 1.54) is 11.1 Å². The lowest BCUT2D eigenvalue weighted by Gasteiger charge is -2.34. The Bertz CT molecular complexity index is 881. The number of hydrogen-bond donors (Lipinski definition) is 0. The fourth-order valence-corrected chi connectivity index (χ4v) is 3.69. The minimum absolute atomic E-state index is 0.0839. The molecule has 2 aromatic rings. The van der Waals surface area contributed by atoms with E-state index in [2.05, 4.69) is 49.1 Å². The highest BCUT2D eigenvalue weighted by Gasteiger charge is 2.20. The van der Waals surface area contributed by atoms with Crippen LogP contribution >= 0.6 is 0 Å². The van der Waals surface area contributed by atoms with E-state index in [1.807, 2.05) is 23.1 Å². The third-order valence-electron chi connectivity index (χ3n) is 5.55. The zero-order valence-electron chi connectivity index (χ0n) is 17.1. The summed E-state index contributed by atoms with van der Waals surface area (Å²) in [5.74, 6) is 2.24. The molecule has 4 rings (SSSR count). The second-order valence-electron chi connectivity index (χ2n) is 7.94. The lowest BCUT2D eigenvalue weighted by Crippen LogP contribution is -2.47. The van der Waals surface area contributed by atoms with Crippen LogP contribution in [0, 0.1) is 0 Å². The molecular formula is C24H28N2O3. The molecule has 1 fully saturated rings. The number of nitrogens with zero attached hydrogens (tertiary/aromatic N) is 2. The number of amides is 1. The minimum atomic E-state index is 0.0839. The zero-order chi connectivity index (χ0) is 20.2. The molecule has 0 unspecified atom stereocenters. The second-order valence-corrected chi connectivity index (χ2v) is 7.94. The Hall–Kier alpha value is -2.79. The van der Waals surface area contributed by atoms with Crippen molar-refractivity contribution >= 4 is 12.0 Å². The van der Waals surface area contributed by atoms with Gasteiger partial charge in [-0.3, -0.25) is 9.69 Å². The van der Waals surface area contributed by atoms with Gasteiger partial charge < -0.3 is 14.4 Å². The van der Waals surface area contributed by atoms with E-state index in [-0.39, 0.29) is 5.91 Å². The van der Waals surface area contributed by atoms with E-state index in [1.54, 1.807) is 6.08 Å². The average molecular weight is 392 g/mol. The molecule has 0 radical (unpaired) electrons. The predicted octanol–water partition coefficient (Wildman–Crippen LogP) is 3.90. The van der Waals surface area contributed by atoms with Crippen molar-refractivity contribution in [3.8, 4) is 11.5 Å². The molecule has 2 heterocycles. The van der Waals surface area contributed by atoms with Crippen molar-refractivity contribution in [1.29, 1.82) is 0 Å². The molecule has 1 saturated heterocycles. The summed E-state index contributed by atoms with van der Waals surface area (Å²) in [6.07, 6.45) is 3.60. The maximum absolute atomic E-state index is 12.5. The normalized spacial score (nSPS) is 16.7. The van der Waals surface area contributed by atoms with Gasteiger partial charge in [-0.05, 0) is 40.8 Å². The van der Waals surface area contributed by atoms with E-state index >= 15 is 0 Å². The van der Waals surface area contributed by atoms with E-state index in [0.717, 1.165) is 49.8 Å². The van der Waals surface area contributed by atoms with Crippen LogP contribution in [0.1, 0.15) is 36.5 Å². The number of hydrogen-bond acceptors (Lipinski definition) is 4. The first-order valence-corrected chi connectivity index (χ1v) is 10.3. The molecule has 2 aromatic carbocycles. The van der Waals surface area contributed by atoms with Gasteiger partial charge in [0.25, 0.3) is 0 Å². The highest BCUT2D eigenvalue weighted by molar-refractivity contribution is 5.91. The summed E-state index contributed by atoms with van der Waals surface area (Å²) in [7, 11) is 0. The minimum Gasteiger partial charge on any atom is -0.454 e. The van der Waals surface area contributed by atoms with Crippen molar-refractivity contribution in [2.45, 2.75) is 26.3 Å². The van der Waals surface area contributed by atoms with Gasteiger partial charge in [-0.15, -0.1) is 0 Å². The Kier molecular flexibility index (Phi) is 5.86. The summed E-state index contributed by atoms with van der Waals surface area (Å²) in [5.41, 5.74) is 3.58. The van der Waals surface area contributed by atoms with Gasteiger partial charge in [0.05, 0.1) is 0 Å². The number of piperazine rings is 1. The van der Waals surface area contributed by atoms with Crippen LogP contribution in [0.4, 0.5) is 0 Å². The molecule has 0 saturated carbocycles. The van der Waals surface area contributed by atoms with Crippen LogP contribution in [-0.4, -0.2) is 48.7 Å². The van der Waals surface area contributed by atoms with Crippen LogP contribution in [0.2, 0.25) is 0 Å². The molecule has 2 aliphatic heterocycles. The molecule has 2 aliphatic rings. The van der Waals surface area contributed by atoms with Crippen LogP contribution in [0.15, 0.2) is 48.5 Å². The summed E-state index contributed by atoms with van der Waals surface area (Å²) >= 11 is 0. The van der Waals surface area contributed by atoms with Crippen LogP contribution in [0.25, 0.3) is 6.08 Å². The maximum atomic E-state index is 12.5. The Balaban J connectivity index is 1.27. The van der Waals surface area contributed by atoms with Crippen molar-refractivity contribution < 1.29 is 14.3 Å². The quantitative estimate of drug-likeness (QED) is 0.724. The van der Waals surface area contributed by atoms with Gasteiger partial charge >= 0.3 is 0 Å². The summed E-state index contributed by atoms with van der Waals surface area (Å²) < 4.78 is 10.8. The Labute approximate surface area is 172 Å². The van der Waals surface area contributed by atoms with Crippen molar-refractivity contribution in [1.82, 2.24) is 9.80 Å². The van der Waals surface area contributed by atoms with Crippen LogP contribution in [0.5, 0.6) is 11.5 Å². The fourth-order valence-electron chi connectivity index (χ4n) is 3.69. The van der Waals surface area contributed by atoms with Gasteiger partial charge in [0.1, 0.15) is 0 Å². The smallest absolute Gasteiger partial charge is 0.246 e. The molecule has 0 atom stereocenters. The monoisotopic (exact) mass is 392 g/mol. The first-order chi connectivity index (χ1) is 14.1. The van der Waals surface area contributed by atoms with Crippen LogP contribution in [0.3, 0.4) is 0 Å². The molecule has 5 heteroatoms. The van der Waals surface area contributed by atoms with Gasteiger partial charge in [0.15, 0.2) is 11.5 Å². The topological polar surface area (TPSA) is 42.0 Å². The molecular weight excluding hydrogens is 364 g/mol. The van der Waals surface area contributed by atoms with Gasteiger partial charge in [0.2, 0.25) is 12.7 Å². The molecule has 29 heavy (non-hydrogen) atoms. The number of carbonyl (C=O) groups excluding carboxylic acids is 1. The fraction of sp³-hybridized carbons (Fsp3) is 0.375. The third-order valence-corrected chi connectivity index (χ3v) is 5.55. The molecule has 0 N–H and O–H groups in total. The second kappa shape index (κ2) is 8.70. The number of ether oxygens (including phenoxy) is 2. The summed E-state index contributed by atoms with van der Waals surface area (Å²) in [6, 6.07) is 14.5. The average Bonchev–Trinajstić information content (AvgIpc) is 3.21. The van der Waals surface area contributed by atoms with E-state index < -0.39 is 0 Å². The van der Waals surface area contributed by atoms with Crippen molar-refractivity contribution in [2.75, 3.05) is 33.0 Å². The van der Waals surface area contributed by atoms with Gasteiger partial charge in [0, 0.05) is 38.8 Å². The van der Waals surface area contributed by atoms with Gasteiger partial charge in [-0.25, -0.2) is 0 Å². The molecule has 0 aromatic heterocycles. The lowest BCUT2D eigenvalue weighted by molar-refractivity contribution is -0.127. The zero-order valence-corrected chi connectivity index (χ0v) is 17.1. The Morgan fingerprint density at radius 2 is 1.72 bits per heavy atom. The van der Waals surface area contributed by atoms with Crippen molar-refractivity contribution in [3.63, 3.8) is 0 Å². The molecule has 0 spiro atoms. The summed E-state index contributed by atoms with van der Waals surface area (Å²) in [6.45, 7) is 8.76. The molecule has 0 aliphatic carbocycles. The largest absolute Gasteiger partial charge is 0.454 e. The van der Waals surface area contributed by atoms with Crippen molar-refractivity contribution in [2.24, 2.45) is 0 Å². The molecule has 5 nitrogen and oxygen atoms in total. The third kappa shape index (κ3) is 4.80. The predicted molar refractivity (Wildman–Crippen MR) is 114 cm³/mol. The summed E-state index contributed by atoms with van der Waals surface area (Å²) in [4.78, 5) is 16.8. The SMILES string of the molecule is CC(C)c1ccc(C=CC(=O)N2CCN(Cc3ccc4c(c3)OCO4)CC2)cc1. The van der Waals surface area contributed by atoms with Crippen molar-refractivity contribution in [3.05, 3.63) is 65.2 Å². The van der Waals surface area contributed by atoms with E-state index in [9.17, 15) is 4.79 Å². The van der Waals surface area contributed by atoms with E-state index in [0.29, 0.717) is 12.7 Å². The van der Waals surface area contributed by atoms with Gasteiger partial charge in [-0.1, -0.05) is 44.2 Å². The Morgan fingerprint density at radius 3 is 2.45 bits per heavy atom. The number of carbonyl (C=O) groups is 1. The van der Waals surface area contributed by atoms with Gasteiger partial charge in [-0.2, -0.15) is 0 Å². The first-order valence-electron chi connectivity index (χ1n) is 10.3. The highest BCUT2D eigenvalue weighted by atomic mass is 16.7. The molecule has 152 valence electrons. The Morgan fingerprint density at radius 1 is 1.00 bits per heavy atom. The van der Waals surface area contributed by atoms with Crippen LogP contribution < -0.4 is 9.47 Å². The summed E-state index contributed by atoms with van der Waals surface area (Å²) in [5, 5.41) is 0. The number of benzene rings is 2. The highest BCUT2D eigenvalue weighted by Crippen LogP contribution is 2.32. The molecule has 0 bridgehead atoms. The number of fused-ring (bicyclic) bond motifs is 1. The molecule has 1 amide bonds. The standard InChI is InChI=1S/C24H28N2O3/c1-18(2)21-7-3-19(4-8-21)6-10-24(27)26-13-11-25(12-14-26)16-20-5-9-22-23(15-20)29-17-28-22/h3-10,15,18H,11-14,16-17H2,1-2H3. The first kappa shape index (κ1) is 19.5. The maximum Gasteiger partial charge on any atom is 0.246 e. The van der Waals surface area contributed by atoms with Crippen LogP contribution in [-0.2, 0) is 11.3 Å². The lowest BCUT2D eigenvalue weighted by atomic mass is 10.0.